The maximum absolute atomic E-state index is 12.8. The molecule has 2 unspecified atom stereocenters. The average molecular weight is 933 g/mol. The second-order valence-electron chi connectivity index (χ2n) is 18.9. The summed E-state index contributed by atoms with van der Waals surface area (Å²) >= 11 is 0. The van der Waals surface area contributed by atoms with E-state index in [-0.39, 0.29) is 25.8 Å². The van der Waals surface area contributed by atoms with Crippen molar-refractivity contribution in [2.45, 2.75) is 225 Å². The molecule has 0 aromatic rings. The molecule has 0 amide bonds. The molecule has 1 N–H and O–H groups in total. The van der Waals surface area contributed by atoms with Gasteiger partial charge in [-0.15, -0.1) is 0 Å². The minimum atomic E-state index is -4.29. The Bertz CT molecular complexity index is 1270. The molecule has 0 aliphatic rings. The smallest absolute Gasteiger partial charge is 0.457 e. The number of carbonyl (C=O) groups is 1. The summed E-state index contributed by atoms with van der Waals surface area (Å²) in [6, 6.07) is 0. The molecular formula is C56H103NO7P+. The summed E-state index contributed by atoms with van der Waals surface area (Å²) in [5.41, 5.74) is 0. The van der Waals surface area contributed by atoms with Gasteiger partial charge in [0.15, 0.2) is 0 Å². The fourth-order valence-electron chi connectivity index (χ4n) is 7.16. The van der Waals surface area contributed by atoms with Gasteiger partial charge in [0.2, 0.25) is 0 Å². The van der Waals surface area contributed by atoms with Crippen LogP contribution in [0.15, 0.2) is 72.9 Å². The lowest BCUT2D eigenvalue weighted by atomic mass is 10.0. The van der Waals surface area contributed by atoms with Crippen LogP contribution in [0.3, 0.4) is 0 Å². The fourth-order valence-corrected chi connectivity index (χ4v) is 7.90. The van der Waals surface area contributed by atoms with Crippen molar-refractivity contribution in [1.82, 2.24) is 0 Å². The summed E-state index contributed by atoms with van der Waals surface area (Å²) in [7, 11) is 1.65. The fraction of sp³-hybridized carbons (Fsp3) is 0.768. The number of carbonyl (C=O) groups excluding carboxylic acids is 1. The molecule has 0 spiro atoms. The van der Waals surface area contributed by atoms with Gasteiger partial charge in [0.1, 0.15) is 19.3 Å². The lowest BCUT2D eigenvalue weighted by Crippen LogP contribution is -2.37. The molecule has 0 aromatic heterocycles. The van der Waals surface area contributed by atoms with Gasteiger partial charge in [-0.3, -0.25) is 13.8 Å². The molecule has 9 heteroatoms. The Kier molecular flexibility index (Phi) is 46.9. The second-order valence-corrected chi connectivity index (χ2v) is 20.3. The Morgan fingerprint density at radius 1 is 0.492 bits per heavy atom. The predicted octanol–water partition coefficient (Wildman–Crippen LogP) is 16.6. The monoisotopic (exact) mass is 933 g/mol. The SMILES string of the molecule is CC/C=C\C/C=C\C/C=C\C/C=C\CCCCCCCOCC(COP(=O)(O)OCC[N+](C)(C)C)OC(=O)CCCCCCCCCCCCCCC/C=C\C/C=C\CCCCCCC. The number of ether oxygens (including phenoxy) is 2. The molecule has 0 rings (SSSR count). The minimum Gasteiger partial charge on any atom is -0.457 e. The van der Waals surface area contributed by atoms with E-state index >= 15 is 0 Å². The zero-order valence-electron chi connectivity index (χ0n) is 43.0. The van der Waals surface area contributed by atoms with Gasteiger partial charge in [-0.25, -0.2) is 4.57 Å². The molecule has 0 aliphatic heterocycles. The molecule has 0 saturated heterocycles. The zero-order valence-corrected chi connectivity index (χ0v) is 43.9. The van der Waals surface area contributed by atoms with Crippen LogP contribution >= 0.6 is 7.82 Å². The Hall–Kier alpha value is -2.06. The Morgan fingerprint density at radius 2 is 0.892 bits per heavy atom. The third kappa shape index (κ3) is 52.8. The van der Waals surface area contributed by atoms with Crippen LogP contribution in [0.5, 0.6) is 0 Å². The standard InChI is InChI=1S/C56H102NO7P/c1-6-8-10-12-14-16-18-20-22-24-26-27-28-29-30-31-32-33-35-37-39-41-43-45-47-49-56(58)64-55(54-63-65(59,60)62-52-50-57(3,4)5)53-61-51-48-46-44-42-40-38-36-34-25-23-21-19-17-15-13-11-9-7-2/h9,11,15,17-18,20-21,23-24,26,34,36,55H,6-8,10,12-14,16,19,22,25,27-33,35,37-54H2,1-5H3/p+1/b11-9-,17-15-,20-18-,23-21-,26-24-,36-34-. The van der Waals surface area contributed by atoms with Gasteiger partial charge in [0, 0.05) is 13.0 Å². The molecule has 2 atom stereocenters. The van der Waals surface area contributed by atoms with E-state index in [1.54, 1.807) is 0 Å². The first kappa shape index (κ1) is 62.9. The van der Waals surface area contributed by atoms with Crippen LogP contribution in [-0.4, -0.2) is 75.6 Å². The van der Waals surface area contributed by atoms with Gasteiger partial charge in [-0.2, -0.15) is 0 Å². The van der Waals surface area contributed by atoms with E-state index < -0.39 is 13.9 Å². The largest absolute Gasteiger partial charge is 0.472 e. The van der Waals surface area contributed by atoms with Gasteiger partial charge < -0.3 is 18.9 Å². The number of hydrogen-bond donors (Lipinski definition) is 1. The molecule has 0 bridgehead atoms. The highest BCUT2D eigenvalue weighted by Gasteiger charge is 2.26. The topological polar surface area (TPSA) is 91.3 Å². The number of phosphoric ester groups is 1. The summed E-state index contributed by atoms with van der Waals surface area (Å²) < 4.78 is 35.2. The number of quaternary nitrogens is 1. The van der Waals surface area contributed by atoms with E-state index in [0.29, 0.717) is 24.1 Å². The third-order valence-electron chi connectivity index (χ3n) is 11.3. The van der Waals surface area contributed by atoms with Crippen LogP contribution in [-0.2, 0) is 27.9 Å². The van der Waals surface area contributed by atoms with Gasteiger partial charge in [-0.05, 0) is 83.5 Å². The van der Waals surface area contributed by atoms with Gasteiger partial charge in [0.25, 0.3) is 0 Å². The van der Waals surface area contributed by atoms with E-state index in [0.717, 1.165) is 77.0 Å². The number of phosphoric acid groups is 1. The van der Waals surface area contributed by atoms with Crippen LogP contribution in [0.1, 0.15) is 219 Å². The molecule has 0 radical (unpaired) electrons. The number of esters is 1. The zero-order chi connectivity index (χ0) is 47.6. The first-order valence-electron chi connectivity index (χ1n) is 26.7. The number of nitrogens with zero attached hydrogens (tertiary/aromatic N) is 1. The van der Waals surface area contributed by atoms with Crippen molar-refractivity contribution in [2.75, 3.05) is 54.1 Å². The molecule has 0 aromatic carbocycles. The summed E-state index contributed by atoms with van der Waals surface area (Å²) in [4.78, 5) is 23.0. The van der Waals surface area contributed by atoms with Crippen LogP contribution in [0.2, 0.25) is 0 Å². The van der Waals surface area contributed by atoms with Crippen LogP contribution in [0.4, 0.5) is 0 Å². The van der Waals surface area contributed by atoms with Crippen molar-refractivity contribution >= 4 is 13.8 Å². The maximum atomic E-state index is 12.8. The normalized spacial score (nSPS) is 14.1. The van der Waals surface area contributed by atoms with E-state index in [9.17, 15) is 14.3 Å². The Labute approximate surface area is 402 Å². The van der Waals surface area contributed by atoms with Gasteiger partial charge >= 0.3 is 13.8 Å². The summed E-state index contributed by atoms with van der Waals surface area (Å²) in [6.45, 7) is 5.46. The molecule has 0 fully saturated rings. The molecule has 8 nitrogen and oxygen atoms in total. The Morgan fingerprint density at radius 3 is 1.34 bits per heavy atom. The lowest BCUT2D eigenvalue weighted by Gasteiger charge is -2.24. The minimum absolute atomic E-state index is 0.0816. The number of allylic oxidation sites excluding steroid dienone is 12. The molecule has 0 heterocycles. The van der Waals surface area contributed by atoms with Crippen LogP contribution < -0.4 is 0 Å². The van der Waals surface area contributed by atoms with E-state index in [1.807, 2.05) is 21.1 Å². The number of rotatable bonds is 49. The van der Waals surface area contributed by atoms with Crippen molar-refractivity contribution < 1.29 is 37.3 Å². The van der Waals surface area contributed by atoms with E-state index in [4.69, 9.17) is 18.5 Å². The highest BCUT2D eigenvalue weighted by molar-refractivity contribution is 7.47. The Balaban J connectivity index is 4.13. The third-order valence-corrected chi connectivity index (χ3v) is 12.2. The van der Waals surface area contributed by atoms with Crippen molar-refractivity contribution in [3.05, 3.63) is 72.9 Å². The van der Waals surface area contributed by atoms with Crippen LogP contribution in [0.25, 0.3) is 0 Å². The summed E-state index contributed by atoms with van der Waals surface area (Å²) in [5.74, 6) is -0.322. The van der Waals surface area contributed by atoms with Crippen molar-refractivity contribution in [3.8, 4) is 0 Å². The number of likely N-dealkylation sites (N-methyl/N-ethyl adjacent to an activating group) is 1. The number of hydrogen-bond acceptors (Lipinski definition) is 6. The molecule has 65 heavy (non-hydrogen) atoms. The second kappa shape index (κ2) is 48.4. The molecular weight excluding hydrogens is 830 g/mol. The van der Waals surface area contributed by atoms with Gasteiger partial charge in [-0.1, -0.05) is 202 Å². The highest BCUT2D eigenvalue weighted by atomic mass is 31.2. The van der Waals surface area contributed by atoms with Gasteiger partial charge in [0.05, 0.1) is 34.4 Å². The average Bonchev–Trinajstić information content (AvgIpc) is 3.27. The van der Waals surface area contributed by atoms with E-state index in [1.165, 1.54) is 122 Å². The highest BCUT2D eigenvalue weighted by Crippen LogP contribution is 2.43. The van der Waals surface area contributed by atoms with E-state index in [2.05, 4.69) is 86.8 Å². The first-order valence-corrected chi connectivity index (χ1v) is 28.2. The van der Waals surface area contributed by atoms with Crippen LogP contribution in [0, 0.1) is 0 Å². The van der Waals surface area contributed by atoms with Crippen molar-refractivity contribution in [3.63, 3.8) is 0 Å². The molecule has 0 aliphatic carbocycles. The summed E-state index contributed by atoms with van der Waals surface area (Å²) in [5, 5.41) is 0. The maximum Gasteiger partial charge on any atom is 0.472 e. The lowest BCUT2D eigenvalue weighted by molar-refractivity contribution is -0.870. The van der Waals surface area contributed by atoms with Crippen molar-refractivity contribution in [2.24, 2.45) is 0 Å². The molecule has 0 saturated carbocycles. The predicted molar refractivity (Wildman–Crippen MR) is 279 cm³/mol. The molecule has 378 valence electrons. The first-order chi connectivity index (χ1) is 31.6. The quantitative estimate of drug-likeness (QED) is 0.0214. The van der Waals surface area contributed by atoms with Crippen molar-refractivity contribution in [1.29, 1.82) is 0 Å². The summed E-state index contributed by atoms with van der Waals surface area (Å²) in [6.07, 6.45) is 63.8. The number of unbranched alkanes of at least 4 members (excludes halogenated alkanes) is 23.